The number of nitrogens with two attached hydrogens (primary N) is 2. The van der Waals surface area contributed by atoms with Gasteiger partial charge in [-0.05, 0) is 24.3 Å². The Balaban J connectivity index is 2.15. The number of benzene rings is 1. The van der Waals surface area contributed by atoms with Gasteiger partial charge in [-0.1, -0.05) is 31.2 Å². The maximum absolute atomic E-state index is 6.08. The molecule has 4 nitrogen and oxygen atoms in total. The number of imidazole rings is 1. The highest BCUT2D eigenvalue weighted by atomic mass is 15.4. The van der Waals surface area contributed by atoms with E-state index < -0.39 is 0 Å². The molecule has 1 heterocycles. The summed E-state index contributed by atoms with van der Waals surface area (Å²) >= 11 is 0. The summed E-state index contributed by atoms with van der Waals surface area (Å²) in [6.07, 6.45) is 3.31. The van der Waals surface area contributed by atoms with E-state index in [9.17, 15) is 0 Å². The monoisotopic (exact) mass is 242 g/mol. The SMILES string of the molecule is CCc1nc(-c2ccccc2C2CC2)c(N)n1N. The van der Waals surface area contributed by atoms with E-state index in [1.807, 2.05) is 13.0 Å². The van der Waals surface area contributed by atoms with E-state index in [0.717, 1.165) is 23.5 Å². The summed E-state index contributed by atoms with van der Waals surface area (Å²) in [5.41, 5.74) is 9.39. The van der Waals surface area contributed by atoms with Gasteiger partial charge in [-0.15, -0.1) is 0 Å². The number of hydrogen-bond acceptors (Lipinski definition) is 3. The van der Waals surface area contributed by atoms with Crippen molar-refractivity contribution in [3.05, 3.63) is 35.7 Å². The molecule has 0 radical (unpaired) electrons. The van der Waals surface area contributed by atoms with Crippen molar-refractivity contribution in [2.45, 2.75) is 32.1 Å². The summed E-state index contributed by atoms with van der Waals surface area (Å²) in [6.45, 7) is 2.03. The third-order valence-corrected chi connectivity index (χ3v) is 3.57. The van der Waals surface area contributed by atoms with Gasteiger partial charge in [0.15, 0.2) is 5.82 Å². The summed E-state index contributed by atoms with van der Waals surface area (Å²) in [5, 5.41) is 0. The van der Waals surface area contributed by atoms with E-state index in [1.54, 1.807) is 0 Å². The molecule has 0 unspecified atom stereocenters. The maximum atomic E-state index is 6.08. The molecule has 0 spiro atoms. The first-order valence-corrected chi connectivity index (χ1v) is 6.43. The van der Waals surface area contributed by atoms with Gasteiger partial charge in [0, 0.05) is 12.0 Å². The fraction of sp³-hybridized carbons (Fsp3) is 0.357. The predicted octanol–water partition coefficient (Wildman–Crippen LogP) is 2.29. The van der Waals surface area contributed by atoms with Crippen LogP contribution in [-0.4, -0.2) is 9.66 Å². The number of anilines is 1. The van der Waals surface area contributed by atoms with E-state index in [0.29, 0.717) is 11.7 Å². The lowest BCUT2D eigenvalue weighted by atomic mass is 10.0. The highest BCUT2D eigenvalue weighted by Gasteiger charge is 2.27. The second-order valence-corrected chi connectivity index (χ2v) is 4.85. The van der Waals surface area contributed by atoms with Gasteiger partial charge in [0.2, 0.25) is 0 Å². The minimum absolute atomic E-state index is 0.556. The summed E-state index contributed by atoms with van der Waals surface area (Å²) in [4.78, 5) is 4.58. The van der Waals surface area contributed by atoms with Crippen molar-refractivity contribution in [3.8, 4) is 11.3 Å². The smallest absolute Gasteiger partial charge is 0.150 e. The third kappa shape index (κ3) is 1.65. The van der Waals surface area contributed by atoms with Crippen LogP contribution >= 0.6 is 0 Å². The molecule has 3 rings (SSSR count). The molecule has 2 aromatic rings. The molecule has 0 bridgehead atoms. The molecule has 94 valence electrons. The Morgan fingerprint density at radius 2 is 2.06 bits per heavy atom. The minimum atomic E-state index is 0.556. The number of aromatic nitrogens is 2. The fourth-order valence-electron chi connectivity index (χ4n) is 2.40. The van der Waals surface area contributed by atoms with Gasteiger partial charge in [0.1, 0.15) is 11.5 Å². The lowest BCUT2D eigenvalue weighted by molar-refractivity contribution is 0.865. The van der Waals surface area contributed by atoms with Crippen molar-refractivity contribution in [1.82, 2.24) is 9.66 Å². The van der Waals surface area contributed by atoms with E-state index in [1.165, 1.54) is 23.1 Å². The predicted molar refractivity (Wildman–Crippen MR) is 73.6 cm³/mol. The Hall–Kier alpha value is -1.97. The number of rotatable bonds is 3. The van der Waals surface area contributed by atoms with E-state index in [-0.39, 0.29) is 0 Å². The Morgan fingerprint density at radius 3 is 2.67 bits per heavy atom. The Labute approximate surface area is 107 Å². The van der Waals surface area contributed by atoms with E-state index in [2.05, 4.69) is 23.2 Å². The minimum Gasteiger partial charge on any atom is -0.382 e. The van der Waals surface area contributed by atoms with Crippen LogP contribution in [0.1, 0.15) is 37.1 Å². The zero-order chi connectivity index (χ0) is 12.7. The molecule has 1 aromatic carbocycles. The van der Waals surface area contributed by atoms with Crippen LogP contribution in [0.5, 0.6) is 0 Å². The lowest BCUT2D eigenvalue weighted by Crippen LogP contribution is -2.14. The molecule has 4 N–H and O–H groups in total. The Bertz CT molecular complexity index is 581. The number of aryl methyl sites for hydroxylation is 1. The van der Waals surface area contributed by atoms with Gasteiger partial charge in [-0.2, -0.15) is 0 Å². The molecule has 0 atom stereocenters. The third-order valence-electron chi connectivity index (χ3n) is 3.57. The first-order chi connectivity index (χ1) is 8.72. The molecule has 1 aliphatic rings. The normalized spacial score (nSPS) is 14.9. The number of nitrogen functional groups attached to an aromatic ring is 2. The maximum Gasteiger partial charge on any atom is 0.150 e. The first-order valence-electron chi connectivity index (χ1n) is 6.43. The van der Waals surface area contributed by atoms with Crippen molar-refractivity contribution in [2.75, 3.05) is 11.6 Å². The molecule has 18 heavy (non-hydrogen) atoms. The zero-order valence-electron chi connectivity index (χ0n) is 10.6. The standard InChI is InChI=1S/C14H18N4/c1-2-12-17-13(14(15)18(12)16)11-6-4-3-5-10(11)9-7-8-9/h3-6,9H,2,7-8,15-16H2,1H3. The Kier molecular flexibility index (Phi) is 2.51. The second-order valence-electron chi connectivity index (χ2n) is 4.85. The van der Waals surface area contributed by atoms with Gasteiger partial charge < -0.3 is 11.6 Å². The quantitative estimate of drug-likeness (QED) is 0.811. The molecular formula is C14H18N4. The summed E-state index contributed by atoms with van der Waals surface area (Å²) in [5.74, 6) is 7.98. The Morgan fingerprint density at radius 1 is 1.33 bits per heavy atom. The molecule has 4 heteroatoms. The van der Waals surface area contributed by atoms with E-state index in [4.69, 9.17) is 11.6 Å². The highest BCUT2D eigenvalue weighted by molar-refractivity contribution is 5.74. The van der Waals surface area contributed by atoms with Gasteiger partial charge in [-0.25, -0.2) is 9.66 Å². The van der Waals surface area contributed by atoms with Crippen LogP contribution in [0.2, 0.25) is 0 Å². The van der Waals surface area contributed by atoms with Gasteiger partial charge in [0.05, 0.1) is 0 Å². The molecule has 1 aliphatic carbocycles. The van der Waals surface area contributed by atoms with Crippen LogP contribution in [0.25, 0.3) is 11.3 Å². The largest absolute Gasteiger partial charge is 0.382 e. The summed E-state index contributed by atoms with van der Waals surface area (Å²) < 4.78 is 1.50. The van der Waals surface area contributed by atoms with Crippen LogP contribution in [0.15, 0.2) is 24.3 Å². The molecule has 0 saturated heterocycles. The second kappa shape index (κ2) is 4.05. The van der Waals surface area contributed by atoms with Crippen LogP contribution < -0.4 is 11.6 Å². The molecule has 1 saturated carbocycles. The number of nitrogens with zero attached hydrogens (tertiary/aromatic N) is 2. The van der Waals surface area contributed by atoms with Crippen LogP contribution in [-0.2, 0) is 6.42 Å². The highest BCUT2D eigenvalue weighted by Crippen LogP contribution is 2.44. The summed E-state index contributed by atoms with van der Waals surface area (Å²) in [6, 6.07) is 8.37. The molecule has 1 fully saturated rings. The fourth-order valence-corrected chi connectivity index (χ4v) is 2.40. The van der Waals surface area contributed by atoms with Crippen molar-refractivity contribution in [2.24, 2.45) is 0 Å². The first kappa shape index (κ1) is 11.1. The molecule has 0 aliphatic heterocycles. The van der Waals surface area contributed by atoms with Crippen molar-refractivity contribution in [3.63, 3.8) is 0 Å². The van der Waals surface area contributed by atoms with E-state index >= 15 is 0 Å². The average molecular weight is 242 g/mol. The zero-order valence-corrected chi connectivity index (χ0v) is 10.6. The van der Waals surface area contributed by atoms with Gasteiger partial charge in [0.25, 0.3) is 0 Å². The van der Waals surface area contributed by atoms with Crippen LogP contribution in [0.4, 0.5) is 5.82 Å². The van der Waals surface area contributed by atoms with Crippen molar-refractivity contribution in [1.29, 1.82) is 0 Å². The van der Waals surface area contributed by atoms with Crippen LogP contribution in [0.3, 0.4) is 0 Å². The lowest BCUT2D eigenvalue weighted by Gasteiger charge is -2.06. The number of hydrogen-bond donors (Lipinski definition) is 2. The van der Waals surface area contributed by atoms with Crippen molar-refractivity contribution < 1.29 is 0 Å². The summed E-state index contributed by atoms with van der Waals surface area (Å²) in [7, 11) is 0. The van der Waals surface area contributed by atoms with Crippen LogP contribution in [0, 0.1) is 0 Å². The topological polar surface area (TPSA) is 69.9 Å². The molecular weight excluding hydrogens is 224 g/mol. The molecule has 0 amide bonds. The van der Waals surface area contributed by atoms with Gasteiger partial charge in [-0.3, -0.25) is 0 Å². The van der Waals surface area contributed by atoms with Gasteiger partial charge >= 0.3 is 0 Å². The van der Waals surface area contributed by atoms with Crippen molar-refractivity contribution >= 4 is 5.82 Å². The average Bonchev–Trinajstić information content (AvgIpc) is 3.19. The molecule has 1 aromatic heterocycles.